The molecule has 1 amide bonds. The third kappa shape index (κ3) is 6.32. The van der Waals surface area contributed by atoms with Gasteiger partial charge in [-0.05, 0) is 69.3 Å². The molecule has 0 spiro atoms. The van der Waals surface area contributed by atoms with Crippen molar-refractivity contribution >= 4 is 11.6 Å². The van der Waals surface area contributed by atoms with Gasteiger partial charge < -0.3 is 15.4 Å². The number of nitrogens with one attached hydrogen (secondary N) is 2. The molecule has 128 valence electrons. The zero-order chi connectivity index (χ0) is 16.7. The Morgan fingerprint density at radius 2 is 2.04 bits per heavy atom. The van der Waals surface area contributed by atoms with Crippen LogP contribution in [0.5, 0.6) is 0 Å². The molecule has 4 heteroatoms. The van der Waals surface area contributed by atoms with E-state index in [9.17, 15) is 4.79 Å². The Morgan fingerprint density at radius 1 is 1.30 bits per heavy atom. The van der Waals surface area contributed by atoms with Crippen molar-refractivity contribution in [3.05, 3.63) is 29.8 Å². The number of hydrogen-bond acceptors (Lipinski definition) is 3. The summed E-state index contributed by atoms with van der Waals surface area (Å²) in [6, 6.07) is 7.91. The summed E-state index contributed by atoms with van der Waals surface area (Å²) in [5, 5.41) is 6.42. The fourth-order valence-electron chi connectivity index (χ4n) is 2.98. The standard InChI is InChI=1S/C19H30N2O2/c1-14(2)23-13-16-6-8-18(9-7-16)21-19(22)11-15(3)17-5-4-10-20-12-17/h6-9,14-15,17,20H,4-5,10-13H2,1-3H3,(H,21,22). The predicted octanol–water partition coefficient (Wildman–Crippen LogP) is 3.58. The number of hydrogen-bond donors (Lipinski definition) is 2. The van der Waals surface area contributed by atoms with Gasteiger partial charge in [-0.3, -0.25) is 4.79 Å². The van der Waals surface area contributed by atoms with Gasteiger partial charge in [-0.25, -0.2) is 0 Å². The second-order valence-corrected chi connectivity index (χ2v) is 6.89. The molecule has 1 fully saturated rings. The van der Waals surface area contributed by atoms with Crippen molar-refractivity contribution in [1.29, 1.82) is 0 Å². The van der Waals surface area contributed by atoms with E-state index in [1.807, 2.05) is 38.1 Å². The monoisotopic (exact) mass is 318 g/mol. The number of piperidine rings is 1. The first-order valence-electron chi connectivity index (χ1n) is 8.75. The second-order valence-electron chi connectivity index (χ2n) is 6.89. The van der Waals surface area contributed by atoms with Crippen molar-refractivity contribution in [3.8, 4) is 0 Å². The third-order valence-electron chi connectivity index (χ3n) is 4.47. The summed E-state index contributed by atoms with van der Waals surface area (Å²) >= 11 is 0. The molecule has 0 saturated carbocycles. The maximum atomic E-state index is 12.2. The minimum atomic E-state index is 0.106. The van der Waals surface area contributed by atoms with Crippen LogP contribution in [-0.2, 0) is 16.1 Å². The molecule has 2 N–H and O–H groups in total. The Labute approximate surface area is 140 Å². The Hall–Kier alpha value is -1.39. The van der Waals surface area contributed by atoms with Gasteiger partial charge >= 0.3 is 0 Å². The van der Waals surface area contributed by atoms with E-state index in [1.165, 1.54) is 12.8 Å². The van der Waals surface area contributed by atoms with Gasteiger partial charge in [-0.1, -0.05) is 19.1 Å². The largest absolute Gasteiger partial charge is 0.374 e. The smallest absolute Gasteiger partial charge is 0.224 e. The molecule has 2 atom stereocenters. The third-order valence-corrected chi connectivity index (χ3v) is 4.47. The van der Waals surface area contributed by atoms with Crippen LogP contribution in [0.15, 0.2) is 24.3 Å². The topological polar surface area (TPSA) is 50.4 Å². The minimum absolute atomic E-state index is 0.106. The number of amides is 1. The predicted molar refractivity (Wildman–Crippen MR) is 94.4 cm³/mol. The first-order valence-corrected chi connectivity index (χ1v) is 8.75. The van der Waals surface area contributed by atoms with Gasteiger partial charge in [0, 0.05) is 12.1 Å². The van der Waals surface area contributed by atoms with E-state index in [2.05, 4.69) is 17.6 Å². The van der Waals surface area contributed by atoms with Crippen LogP contribution < -0.4 is 10.6 Å². The Kier molecular flexibility index (Phi) is 7.06. The van der Waals surface area contributed by atoms with Gasteiger partial charge in [-0.15, -0.1) is 0 Å². The fraction of sp³-hybridized carbons (Fsp3) is 0.632. The average molecular weight is 318 g/mol. The highest BCUT2D eigenvalue weighted by Gasteiger charge is 2.21. The van der Waals surface area contributed by atoms with Crippen molar-refractivity contribution in [3.63, 3.8) is 0 Å². The molecule has 0 radical (unpaired) electrons. The number of carbonyl (C=O) groups is 1. The quantitative estimate of drug-likeness (QED) is 0.808. The Morgan fingerprint density at radius 3 is 2.65 bits per heavy atom. The van der Waals surface area contributed by atoms with Crippen LogP contribution in [0, 0.1) is 11.8 Å². The molecule has 1 aromatic carbocycles. The van der Waals surface area contributed by atoms with Crippen molar-refractivity contribution < 1.29 is 9.53 Å². The maximum absolute atomic E-state index is 12.2. The van der Waals surface area contributed by atoms with E-state index >= 15 is 0 Å². The van der Waals surface area contributed by atoms with Crippen LogP contribution in [-0.4, -0.2) is 25.1 Å². The van der Waals surface area contributed by atoms with Gasteiger partial charge in [0.25, 0.3) is 0 Å². The lowest BCUT2D eigenvalue weighted by Crippen LogP contribution is -2.34. The van der Waals surface area contributed by atoms with Crippen LogP contribution in [0.2, 0.25) is 0 Å². The van der Waals surface area contributed by atoms with E-state index < -0.39 is 0 Å². The molecule has 4 nitrogen and oxygen atoms in total. The van der Waals surface area contributed by atoms with E-state index in [0.29, 0.717) is 24.9 Å². The molecule has 2 unspecified atom stereocenters. The lowest BCUT2D eigenvalue weighted by molar-refractivity contribution is -0.117. The van der Waals surface area contributed by atoms with E-state index in [4.69, 9.17) is 4.74 Å². The zero-order valence-electron chi connectivity index (χ0n) is 14.6. The number of carbonyl (C=O) groups excluding carboxylic acids is 1. The molecule has 1 aromatic rings. The van der Waals surface area contributed by atoms with Gasteiger partial charge in [0.1, 0.15) is 0 Å². The molecule has 1 heterocycles. The number of ether oxygens (including phenoxy) is 1. The molecule has 1 saturated heterocycles. The zero-order valence-corrected chi connectivity index (χ0v) is 14.6. The molecule has 1 aliphatic heterocycles. The van der Waals surface area contributed by atoms with Crippen molar-refractivity contribution in [1.82, 2.24) is 5.32 Å². The summed E-state index contributed by atoms with van der Waals surface area (Å²) in [6.45, 7) is 9.00. The van der Waals surface area contributed by atoms with Crippen LogP contribution in [0.4, 0.5) is 5.69 Å². The minimum Gasteiger partial charge on any atom is -0.374 e. The van der Waals surface area contributed by atoms with Crippen molar-refractivity contribution in [2.24, 2.45) is 11.8 Å². The molecule has 0 bridgehead atoms. The van der Waals surface area contributed by atoms with E-state index in [1.54, 1.807) is 0 Å². The normalized spacial score (nSPS) is 19.6. The summed E-state index contributed by atoms with van der Waals surface area (Å²) in [7, 11) is 0. The molecule has 0 aromatic heterocycles. The summed E-state index contributed by atoms with van der Waals surface area (Å²) in [5.74, 6) is 1.14. The number of benzene rings is 1. The van der Waals surface area contributed by atoms with Crippen LogP contribution in [0.1, 0.15) is 45.6 Å². The lowest BCUT2D eigenvalue weighted by atomic mass is 9.85. The molecule has 1 aliphatic rings. The highest BCUT2D eigenvalue weighted by atomic mass is 16.5. The van der Waals surface area contributed by atoms with Gasteiger partial charge in [0.2, 0.25) is 5.91 Å². The number of rotatable bonds is 7. The summed E-state index contributed by atoms with van der Waals surface area (Å²) in [4.78, 5) is 12.2. The fourth-order valence-corrected chi connectivity index (χ4v) is 2.98. The highest BCUT2D eigenvalue weighted by Crippen LogP contribution is 2.23. The Bertz CT molecular complexity index is 479. The Balaban J connectivity index is 1.78. The molecule has 0 aliphatic carbocycles. The molecular formula is C19H30N2O2. The number of anilines is 1. The summed E-state index contributed by atoms with van der Waals surface area (Å²) in [6.07, 6.45) is 3.26. The van der Waals surface area contributed by atoms with Crippen molar-refractivity contribution in [2.45, 2.75) is 52.7 Å². The highest BCUT2D eigenvalue weighted by molar-refractivity contribution is 5.90. The van der Waals surface area contributed by atoms with Crippen LogP contribution >= 0.6 is 0 Å². The molecule has 2 rings (SSSR count). The van der Waals surface area contributed by atoms with E-state index in [0.717, 1.165) is 24.3 Å². The van der Waals surface area contributed by atoms with Gasteiger partial charge in [0.15, 0.2) is 0 Å². The van der Waals surface area contributed by atoms with Gasteiger partial charge in [-0.2, -0.15) is 0 Å². The first kappa shape index (κ1) is 18.0. The average Bonchev–Trinajstić information content (AvgIpc) is 2.55. The SMILES string of the molecule is CC(C)OCc1ccc(NC(=O)CC(C)C2CCCNC2)cc1. The molecular weight excluding hydrogens is 288 g/mol. The maximum Gasteiger partial charge on any atom is 0.224 e. The lowest BCUT2D eigenvalue weighted by Gasteiger charge is -2.28. The van der Waals surface area contributed by atoms with Crippen molar-refractivity contribution in [2.75, 3.05) is 18.4 Å². The van der Waals surface area contributed by atoms with Crippen LogP contribution in [0.3, 0.4) is 0 Å². The van der Waals surface area contributed by atoms with E-state index in [-0.39, 0.29) is 12.0 Å². The van der Waals surface area contributed by atoms with Gasteiger partial charge in [0.05, 0.1) is 12.7 Å². The second kappa shape index (κ2) is 9.04. The van der Waals surface area contributed by atoms with Crippen LogP contribution in [0.25, 0.3) is 0 Å². The summed E-state index contributed by atoms with van der Waals surface area (Å²) < 4.78 is 5.58. The first-order chi connectivity index (χ1) is 11.0. The summed E-state index contributed by atoms with van der Waals surface area (Å²) in [5.41, 5.74) is 1.98. The molecule has 23 heavy (non-hydrogen) atoms.